The van der Waals surface area contributed by atoms with Gasteiger partial charge < -0.3 is 9.47 Å². The van der Waals surface area contributed by atoms with Gasteiger partial charge in [-0.3, -0.25) is 0 Å². The maximum absolute atomic E-state index is 13.5. The van der Waals surface area contributed by atoms with Gasteiger partial charge in [0.05, 0.1) is 30.8 Å². The Balaban J connectivity index is 1.80. The first kappa shape index (κ1) is 22.1. The predicted molar refractivity (Wildman–Crippen MR) is 139 cm³/mol. The smallest absolute Gasteiger partial charge is 0.335 e. The molecule has 0 radical (unpaired) electrons. The summed E-state index contributed by atoms with van der Waals surface area (Å²) in [5.74, 6) is -1.41. The third kappa shape index (κ3) is 2.81. The van der Waals surface area contributed by atoms with Crippen molar-refractivity contribution in [1.82, 2.24) is 0 Å². The summed E-state index contributed by atoms with van der Waals surface area (Å²) in [6.07, 6.45) is 6.21. The second-order valence-corrected chi connectivity index (χ2v) is 9.06. The van der Waals surface area contributed by atoms with Gasteiger partial charge in [0, 0.05) is 5.92 Å². The van der Waals surface area contributed by atoms with Crippen LogP contribution in [0, 0.1) is 5.41 Å². The minimum atomic E-state index is -0.906. The molecule has 0 aliphatic heterocycles. The molecule has 0 amide bonds. The maximum atomic E-state index is 13.5. The Morgan fingerprint density at radius 2 is 1.36 bits per heavy atom. The Morgan fingerprint density at radius 1 is 0.750 bits per heavy atom. The molecule has 176 valence electrons. The summed E-state index contributed by atoms with van der Waals surface area (Å²) in [6, 6.07) is 28.3. The van der Waals surface area contributed by atoms with Crippen molar-refractivity contribution in [3.05, 3.63) is 137 Å². The summed E-state index contributed by atoms with van der Waals surface area (Å²) in [4.78, 5) is 26.7. The maximum Gasteiger partial charge on any atom is 0.335 e. The highest BCUT2D eigenvalue weighted by Gasteiger charge is 2.68. The zero-order chi connectivity index (χ0) is 24.9. The number of fused-ring (bicyclic) bond motifs is 3. The van der Waals surface area contributed by atoms with Gasteiger partial charge in [0.25, 0.3) is 0 Å². The minimum absolute atomic E-state index is 0.347. The van der Waals surface area contributed by atoms with Crippen LogP contribution in [-0.4, -0.2) is 26.2 Å². The van der Waals surface area contributed by atoms with Crippen LogP contribution in [0.25, 0.3) is 16.7 Å². The summed E-state index contributed by atoms with van der Waals surface area (Å²) < 4.78 is 10.5. The van der Waals surface area contributed by atoms with Crippen LogP contribution in [0.1, 0.15) is 28.2 Å². The van der Waals surface area contributed by atoms with Crippen LogP contribution in [0.15, 0.2) is 114 Å². The van der Waals surface area contributed by atoms with Gasteiger partial charge in [-0.05, 0) is 39.0 Å². The SMILES string of the molecule is COC(=O)C1=C(C(=O)OC)[C@]23C(c4ccccc4)=CC=CC(c4ccccc4)=C2c2ccccc2[C@H]13. The van der Waals surface area contributed by atoms with E-state index in [1.54, 1.807) is 0 Å². The molecule has 0 bridgehead atoms. The van der Waals surface area contributed by atoms with Gasteiger partial charge in [0.15, 0.2) is 0 Å². The molecule has 0 fully saturated rings. The molecule has 0 heterocycles. The zero-order valence-electron chi connectivity index (χ0n) is 20.0. The topological polar surface area (TPSA) is 52.6 Å². The van der Waals surface area contributed by atoms with E-state index in [1.165, 1.54) is 14.2 Å². The van der Waals surface area contributed by atoms with Gasteiger partial charge in [-0.2, -0.15) is 0 Å². The summed E-state index contributed by atoms with van der Waals surface area (Å²) in [7, 11) is 2.71. The minimum Gasteiger partial charge on any atom is -0.466 e. The molecular weight excluding hydrogens is 448 g/mol. The quantitative estimate of drug-likeness (QED) is 0.438. The van der Waals surface area contributed by atoms with Crippen LogP contribution in [0.3, 0.4) is 0 Å². The summed E-state index contributed by atoms with van der Waals surface area (Å²) in [5.41, 5.74) is 6.83. The highest BCUT2D eigenvalue weighted by atomic mass is 16.5. The van der Waals surface area contributed by atoms with E-state index in [9.17, 15) is 9.59 Å². The average Bonchev–Trinajstić information content (AvgIpc) is 3.03. The normalized spacial score (nSPS) is 21.5. The van der Waals surface area contributed by atoms with Crippen LogP contribution in [0.2, 0.25) is 0 Å². The molecule has 3 aliphatic rings. The van der Waals surface area contributed by atoms with Crippen molar-refractivity contribution in [2.24, 2.45) is 5.41 Å². The number of methoxy groups -OCH3 is 2. The first-order valence-corrected chi connectivity index (χ1v) is 11.9. The standard InChI is InChI=1S/C32H24O4/c1-35-30(33)26-28-24-17-10-9-16-23(24)27-22(20-12-5-3-6-13-20)18-11-19-25(21-14-7-4-8-15-21)32(27,28)29(26)31(34)36-2/h3-19,28H,1-2H3/t28-,32-/m1/s1. The Labute approximate surface area is 209 Å². The van der Waals surface area contributed by atoms with E-state index >= 15 is 0 Å². The van der Waals surface area contributed by atoms with E-state index in [0.29, 0.717) is 11.1 Å². The molecular formula is C32H24O4. The number of carbonyl (C=O) groups excluding carboxylic acids is 2. The van der Waals surface area contributed by atoms with Gasteiger partial charge in [-0.15, -0.1) is 0 Å². The van der Waals surface area contributed by atoms with Crippen molar-refractivity contribution >= 4 is 28.7 Å². The highest BCUT2D eigenvalue weighted by molar-refractivity contribution is 6.21. The Hall–Kier alpha value is -4.44. The highest BCUT2D eigenvalue weighted by Crippen LogP contribution is 2.75. The Bertz CT molecular complexity index is 1520. The molecule has 3 aromatic carbocycles. The second-order valence-electron chi connectivity index (χ2n) is 9.06. The number of rotatable bonds is 4. The van der Waals surface area contributed by atoms with E-state index in [2.05, 4.69) is 36.4 Å². The number of carbonyl (C=O) groups is 2. The van der Waals surface area contributed by atoms with Crippen molar-refractivity contribution in [2.75, 3.05) is 14.2 Å². The summed E-state index contributed by atoms with van der Waals surface area (Å²) in [5, 5.41) is 0. The van der Waals surface area contributed by atoms with Crippen LogP contribution < -0.4 is 0 Å². The lowest BCUT2D eigenvalue weighted by Crippen LogP contribution is -2.46. The van der Waals surface area contributed by atoms with E-state index in [0.717, 1.165) is 39.0 Å². The molecule has 6 rings (SSSR count). The van der Waals surface area contributed by atoms with Crippen molar-refractivity contribution in [1.29, 1.82) is 0 Å². The van der Waals surface area contributed by atoms with E-state index in [-0.39, 0.29) is 5.92 Å². The molecule has 0 saturated carbocycles. The third-order valence-corrected chi connectivity index (χ3v) is 7.51. The Kier molecular flexibility index (Phi) is 5.11. The number of esters is 2. The van der Waals surface area contributed by atoms with Gasteiger partial charge >= 0.3 is 11.9 Å². The van der Waals surface area contributed by atoms with E-state index in [1.807, 2.05) is 66.7 Å². The third-order valence-electron chi connectivity index (χ3n) is 7.51. The monoisotopic (exact) mass is 472 g/mol. The van der Waals surface area contributed by atoms with Gasteiger partial charge in [0.1, 0.15) is 0 Å². The fraction of sp³-hybridized carbons (Fsp3) is 0.125. The van der Waals surface area contributed by atoms with Crippen LogP contribution in [0.4, 0.5) is 0 Å². The summed E-state index contributed by atoms with van der Waals surface area (Å²) >= 11 is 0. The molecule has 3 aromatic rings. The number of benzene rings is 3. The van der Waals surface area contributed by atoms with Crippen LogP contribution >= 0.6 is 0 Å². The first-order chi connectivity index (χ1) is 17.6. The molecule has 0 unspecified atom stereocenters. The molecule has 2 atom stereocenters. The van der Waals surface area contributed by atoms with E-state index < -0.39 is 17.4 Å². The largest absolute Gasteiger partial charge is 0.466 e. The molecule has 3 aliphatic carbocycles. The molecule has 4 nitrogen and oxygen atoms in total. The molecule has 4 heteroatoms. The Morgan fingerprint density at radius 3 is 2.03 bits per heavy atom. The van der Waals surface area contributed by atoms with Crippen LogP contribution in [-0.2, 0) is 19.1 Å². The van der Waals surface area contributed by atoms with Crippen molar-refractivity contribution < 1.29 is 19.1 Å². The van der Waals surface area contributed by atoms with E-state index in [4.69, 9.17) is 9.47 Å². The summed E-state index contributed by atoms with van der Waals surface area (Å²) in [6.45, 7) is 0. The number of allylic oxidation sites excluding steroid dienone is 6. The van der Waals surface area contributed by atoms with Crippen molar-refractivity contribution in [3.8, 4) is 0 Å². The fourth-order valence-electron chi connectivity index (χ4n) is 6.23. The fourth-order valence-corrected chi connectivity index (χ4v) is 6.23. The molecule has 36 heavy (non-hydrogen) atoms. The van der Waals surface area contributed by atoms with Gasteiger partial charge in [0.2, 0.25) is 0 Å². The zero-order valence-corrected chi connectivity index (χ0v) is 20.0. The number of hydrogen-bond donors (Lipinski definition) is 0. The molecule has 0 N–H and O–H groups in total. The molecule has 1 spiro atoms. The number of ether oxygens (including phenoxy) is 2. The average molecular weight is 473 g/mol. The first-order valence-electron chi connectivity index (χ1n) is 11.9. The molecule has 0 aromatic heterocycles. The lowest BCUT2D eigenvalue weighted by Gasteiger charge is -2.49. The predicted octanol–water partition coefficient (Wildman–Crippen LogP) is 5.99. The van der Waals surface area contributed by atoms with Crippen molar-refractivity contribution in [2.45, 2.75) is 5.92 Å². The lowest BCUT2D eigenvalue weighted by molar-refractivity contribution is -0.141. The van der Waals surface area contributed by atoms with Gasteiger partial charge in [-0.1, -0.05) is 103 Å². The van der Waals surface area contributed by atoms with Crippen LogP contribution in [0.5, 0.6) is 0 Å². The number of hydrogen-bond acceptors (Lipinski definition) is 4. The van der Waals surface area contributed by atoms with Crippen molar-refractivity contribution in [3.63, 3.8) is 0 Å². The molecule has 0 saturated heterocycles. The lowest BCUT2D eigenvalue weighted by atomic mass is 9.50. The van der Waals surface area contributed by atoms with Gasteiger partial charge in [-0.25, -0.2) is 9.59 Å². The second kappa shape index (κ2) is 8.35.